The minimum Gasteiger partial charge on any atom is -0.352 e. The fourth-order valence-electron chi connectivity index (χ4n) is 4.02. The largest absolute Gasteiger partial charge is 0.352 e. The predicted molar refractivity (Wildman–Crippen MR) is 150 cm³/mol. The van der Waals surface area contributed by atoms with Gasteiger partial charge in [0.2, 0.25) is 11.8 Å². The molecule has 0 aromatic heterocycles. The van der Waals surface area contributed by atoms with Crippen LogP contribution in [0.3, 0.4) is 0 Å². The van der Waals surface area contributed by atoms with Gasteiger partial charge in [0, 0.05) is 26.7 Å². The van der Waals surface area contributed by atoms with Crippen molar-refractivity contribution in [1.29, 1.82) is 0 Å². The highest BCUT2D eigenvalue weighted by Gasteiger charge is 2.34. The standard InChI is InChI=1S/C28H42N4O4S/c1-9-23(6)29-28(34)25(10-2)31(18-24-14-12-11-13-21(24)4)27(33)19-32(37(35,36)30(7)8)26-17-20(3)15-16-22(26)5/h11-17,23,25H,9-10,18-19H2,1-8H3,(H,29,34)/t23-,25-/m0/s1. The molecule has 37 heavy (non-hydrogen) atoms. The minimum absolute atomic E-state index is 0.0440. The molecule has 0 aliphatic carbocycles. The van der Waals surface area contributed by atoms with Crippen LogP contribution in [-0.4, -0.2) is 62.2 Å². The van der Waals surface area contributed by atoms with E-state index in [1.807, 2.05) is 77.9 Å². The number of rotatable bonds is 12. The van der Waals surface area contributed by atoms with Gasteiger partial charge in [-0.05, 0) is 68.9 Å². The van der Waals surface area contributed by atoms with Crippen molar-refractivity contribution in [3.63, 3.8) is 0 Å². The van der Waals surface area contributed by atoms with Gasteiger partial charge in [-0.3, -0.25) is 9.59 Å². The van der Waals surface area contributed by atoms with E-state index in [-0.39, 0.29) is 18.5 Å². The fraction of sp³-hybridized carbons (Fsp3) is 0.500. The summed E-state index contributed by atoms with van der Waals surface area (Å²) < 4.78 is 29.1. The Morgan fingerprint density at radius 1 is 0.946 bits per heavy atom. The quantitative estimate of drug-likeness (QED) is 0.450. The zero-order valence-electron chi connectivity index (χ0n) is 23.4. The Morgan fingerprint density at radius 2 is 1.59 bits per heavy atom. The van der Waals surface area contributed by atoms with Crippen molar-refractivity contribution >= 4 is 27.7 Å². The summed E-state index contributed by atoms with van der Waals surface area (Å²) in [6.45, 7) is 11.2. The second-order valence-corrected chi connectivity index (χ2v) is 11.8. The molecule has 0 aliphatic heterocycles. The maximum atomic E-state index is 14.0. The summed E-state index contributed by atoms with van der Waals surface area (Å²) in [6, 6.07) is 12.4. The van der Waals surface area contributed by atoms with Gasteiger partial charge in [-0.2, -0.15) is 12.7 Å². The molecule has 0 saturated heterocycles. The highest BCUT2D eigenvalue weighted by molar-refractivity contribution is 7.90. The van der Waals surface area contributed by atoms with Gasteiger partial charge in [-0.15, -0.1) is 0 Å². The third-order valence-electron chi connectivity index (χ3n) is 6.64. The van der Waals surface area contributed by atoms with Crippen molar-refractivity contribution in [2.24, 2.45) is 0 Å². The van der Waals surface area contributed by atoms with Crippen LogP contribution >= 0.6 is 0 Å². The molecule has 0 aliphatic rings. The smallest absolute Gasteiger partial charge is 0.304 e. The van der Waals surface area contributed by atoms with Gasteiger partial charge >= 0.3 is 10.2 Å². The lowest BCUT2D eigenvalue weighted by Gasteiger charge is -2.35. The maximum Gasteiger partial charge on any atom is 0.304 e. The molecule has 2 aromatic rings. The molecule has 0 unspecified atom stereocenters. The Labute approximate surface area is 222 Å². The van der Waals surface area contributed by atoms with Crippen LogP contribution in [-0.2, 0) is 26.3 Å². The summed E-state index contributed by atoms with van der Waals surface area (Å²) in [7, 11) is -1.11. The number of anilines is 1. The molecule has 0 bridgehead atoms. The zero-order chi connectivity index (χ0) is 27.9. The van der Waals surface area contributed by atoms with E-state index in [4.69, 9.17) is 0 Å². The zero-order valence-corrected chi connectivity index (χ0v) is 24.2. The average molecular weight is 531 g/mol. The van der Waals surface area contributed by atoms with Crippen LogP contribution in [0.15, 0.2) is 42.5 Å². The lowest BCUT2D eigenvalue weighted by molar-refractivity contribution is -0.140. The second-order valence-electron chi connectivity index (χ2n) is 9.78. The van der Waals surface area contributed by atoms with E-state index >= 15 is 0 Å². The molecule has 0 heterocycles. The molecule has 2 rings (SSSR count). The Balaban J connectivity index is 2.57. The van der Waals surface area contributed by atoms with Gasteiger partial charge in [0.1, 0.15) is 12.6 Å². The normalized spacial score (nSPS) is 13.2. The highest BCUT2D eigenvalue weighted by Crippen LogP contribution is 2.26. The third kappa shape index (κ3) is 7.55. The summed E-state index contributed by atoms with van der Waals surface area (Å²) in [5, 5.41) is 2.99. The number of nitrogens with zero attached hydrogens (tertiary/aromatic N) is 3. The topological polar surface area (TPSA) is 90.0 Å². The van der Waals surface area contributed by atoms with Crippen LogP contribution in [0.1, 0.15) is 55.9 Å². The number of carbonyl (C=O) groups is 2. The van der Waals surface area contributed by atoms with E-state index in [2.05, 4.69) is 5.32 Å². The van der Waals surface area contributed by atoms with Gasteiger partial charge in [0.15, 0.2) is 0 Å². The Morgan fingerprint density at radius 3 is 2.16 bits per heavy atom. The highest BCUT2D eigenvalue weighted by atomic mass is 32.2. The van der Waals surface area contributed by atoms with E-state index < -0.39 is 28.7 Å². The lowest BCUT2D eigenvalue weighted by atomic mass is 10.1. The Kier molecular flexibility index (Phi) is 10.7. The predicted octanol–water partition coefficient (Wildman–Crippen LogP) is 3.95. The first-order valence-corrected chi connectivity index (χ1v) is 14.1. The molecule has 9 heteroatoms. The molecule has 1 N–H and O–H groups in total. The van der Waals surface area contributed by atoms with Crippen LogP contribution in [0.4, 0.5) is 5.69 Å². The third-order valence-corrected chi connectivity index (χ3v) is 8.45. The lowest BCUT2D eigenvalue weighted by Crippen LogP contribution is -2.54. The molecule has 0 fully saturated rings. The van der Waals surface area contributed by atoms with Crippen molar-refractivity contribution in [2.45, 2.75) is 73.0 Å². The number of hydrogen-bond donors (Lipinski definition) is 1. The number of carbonyl (C=O) groups excluding carboxylic acids is 2. The molecule has 2 aromatic carbocycles. The first-order chi connectivity index (χ1) is 17.3. The second kappa shape index (κ2) is 13.1. The molecule has 204 valence electrons. The summed E-state index contributed by atoms with van der Waals surface area (Å²) in [4.78, 5) is 28.8. The number of benzene rings is 2. The van der Waals surface area contributed by atoms with Crippen LogP contribution < -0.4 is 9.62 Å². The van der Waals surface area contributed by atoms with Gasteiger partial charge in [0.25, 0.3) is 0 Å². The van der Waals surface area contributed by atoms with Crippen LogP contribution in [0.2, 0.25) is 0 Å². The van der Waals surface area contributed by atoms with Crippen molar-refractivity contribution in [3.05, 3.63) is 64.7 Å². The van der Waals surface area contributed by atoms with Gasteiger partial charge < -0.3 is 10.2 Å². The van der Waals surface area contributed by atoms with E-state index in [0.717, 1.165) is 37.3 Å². The Bertz CT molecular complexity index is 1200. The van der Waals surface area contributed by atoms with Crippen LogP contribution in [0, 0.1) is 20.8 Å². The number of amides is 2. The molecular weight excluding hydrogens is 488 g/mol. The summed E-state index contributed by atoms with van der Waals surface area (Å²) in [5.41, 5.74) is 3.94. The molecule has 8 nitrogen and oxygen atoms in total. The number of nitrogens with one attached hydrogen (secondary N) is 1. The van der Waals surface area contributed by atoms with Gasteiger partial charge in [0.05, 0.1) is 5.69 Å². The molecule has 0 saturated carbocycles. The first-order valence-electron chi connectivity index (χ1n) is 12.7. The summed E-state index contributed by atoms with van der Waals surface area (Å²) >= 11 is 0. The van der Waals surface area contributed by atoms with Crippen molar-refractivity contribution in [1.82, 2.24) is 14.5 Å². The maximum absolute atomic E-state index is 14.0. The van der Waals surface area contributed by atoms with E-state index in [9.17, 15) is 18.0 Å². The van der Waals surface area contributed by atoms with Crippen molar-refractivity contribution in [2.75, 3.05) is 24.9 Å². The summed E-state index contributed by atoms with van der Waals surface area (Å²) in [6.07, 6.45) is 1.15. The molecule has 2 atom stereocenters. The van der Waals surface area contributed by atoms with E-state index in [1.54, 1.807) is 6.07 Å². The van der Waals surface area contributed by atoms with Gasteiger partial charge in [-0.25, -0.2) is 4.31 Å². The molecule has 0 radical (unpaired) electrons. The SMILES string of the molecule is CC[C@H](C)NC(=O)[C@H](CC)N(Cc1ccccc1C)C(=O)CN(c1cc(C)ccc1C)S(=O)(=O)N(C)C. The average Bonchev–Trinajstić information content (AvgIpc) is 2.84. The number of aryl methyl sites for hydroxylation is 3. The van der Waals surface area contributed by atoms with Gasteiger partial charge in [-0.1, -0.05) is 50.2 Å². The summed E-state index contributed by atoms with van der Waals surface area (Å²) in [5.74, 6) is -0.687. The van der Waals surface area contributed by atoms with Crippen molar-refractivity contribution < 1.29 is 18.0 Å². The molecule has 0 spiro atoms. The van der Waals surface area contributed by atoms with E-state index in [1.165, 1.54) is 19.0 Å². The van der Waals surface area contributed by atoms with Crippen molar-refractivity contribution in [3.8, 4) is 0 Å². The van der Waals surface area contributed by atoms with E-state index in [0.29, 0.717) is 12.1 Å². The first kappa shape index (κ1) is 30.3. The monoisotopic (exact) mass is 530 g/mol. The Hall–Kier alpha value is -2.91. The minimum atomic E-state index is -4.00. The van der Waals surface area contributed by atoms with Crippen LogP contribution in [0.25, 0.3) is 0 Å². The fourth-order valence-corrected chi connectivity index (χ4v) is 5.13. The number of hydrogen-bond acceptors (Lipinski definition) is 4. The van der Waals surface area contributed by atoms with Crippen LogP contribution in [0.5, 0.6) is 0 Å². The molecular formula is C28H42N4O4S. The molecule has 2 amide bonds.